The largest absolute Gasteiger partial charge is 0.474 e. The van der Waals surface area contributed by atoms with Gasteiger partial charge in [-0.15, -0.1) is 0 Å². The number of nitrogens with zero attached hydrogens (tertiary/aromatic N) is 5. The lowest BCUT2D eigenvalue weighted by molar-refractivity contribution is -0.137. The minimum Gasteiger partial charge on any atom is -0.474 e. The summed E-state index contributed by atoms with van der Waals surface area (Å²) in [6, 6.07) is 0.761. The van der Waals surface area contributed by atoms with E-state index in [0.29, 0.717) is 26.1 Å². The van der Waals surface area contributed by atoms with E-state index in [1.807, 2.05) is 39.6 Å². The van der Waals surface area contributed by atoms with Gasteiger partial charge >= 0.3 is 6.18 Å². The number of nitrogen functional groups attached to an aromatic ring is 1. The summed E-state index contributed by atoms with van der Waals surface area (Å²) < 4.78 is 80.2. The van der Waals surface area contributed by atoms with E-state index in [0.717, 1.165) is 26.0 Å². The molecule has 0 radical (unpaired) electrons. The molecule has 4 heterocycles. The molecule has 2 aliphatic heterocycles. The van der Waals surface area contributed by atoms with Crippen LogP contribution < -0.4 is 26.0 Å². The van der Waals surface area contributed by atoms with Crippen molar-refractivity contribution in [3.63, 3.8) is 0 Å². The second kappa shape index (κ2) is 13.1. The number of rotatable bonds is 9. The van der Waals surface area contributed by atoms with Gasteiger partial charge in [0.05, 0.1) is 22.9 Å². The van der Waals surface area contributed by atoms with Gasteiger partial charge in [0.2, 0.25) is 11.8 Å². The quantitative estimate of drug-likeness (QED) is 0.192. The molecular weight excluding hydrogens is 595 g/mol. The first-order chi connectivity index (χ1) is 21.2. The minimum absolute atomic E-state index is 0.0000999. The fourth-order valence-electron chi connectivity index (χ4n) is 5.52. The zero-order valence-electron chi connectivity index (χ0n) is 27.1. The molecule has 2 aromatic heterocycles. The van der Waals surface area contributed by atoms with Gasteiger partial charge in [0.1, 0.15) is 28.2 Å². The lowest BCUT2D eigenvalue weighted by Gasteiger charge is -2.61. The SMILES string of the molecule is CC.CCC(C)Oc1nc(-c2cc(N)c(F)c(C)c2C(F)(F)F)c(F)c2nc(N3CC4(CCN4C)C3)nc(NCC(C)NC)c12. The van der Waals surface area contributed by atoms with Gasteiger partial charge < -0.3 is 26.0 Å². The molecule has 14 heteroatoms. The molecule has 0 bridgehead atoms. The van der Waals surface area contributed by atoms with E-state index >= 15 is 4.39 Å². The van der Waals surface area contributed by atoms with Gasteiger partial charge in [-0.1, -0.05) is 20.8 Å². The van der Waals surface area contributed by atoms with Crippen LogP contribution in [0.5, 0.6) is 5.88 Å². The monoisotopic (exact) mass is 638 g/mol. The van der Waals surface area contributed by atoms with Crippen molar-refractivity contribution in [1.29, 1.82) is 0 Å². The first-order valence-electron chi connectivity index (χ1n) is 15.3. The number of nitrogens with one attached hydrogen (secondary N) is 2. The second-order valence-corrected chi connectivity index (χ2v) is 11.7. The smallest absolute Gasteiger partial charge is 0.417 e. The van der Waals surface area contributed by atoms with E-state index < -0.39 is 52.0 Å². The fraction of sp³-hybridized carbons (Fsp3) is 0.581. The Balaban J connectivity index is 0.00000226. The molecule has 2 atom stereocenters. The third-order valence-corrected chi connectivity index (χ3v) is 8.74. The van der Waals surface area contributed by atoms with Crippen molar-refractivity contribution < 1.29 is 26.7 Å². The number of aromatic nitrogens is 3. The molecule has 9 nitrogen and oxygen atoms in total. The Bertz CT molecular complexity index is 1540. The van der Waals surface area contributed by atoms with Crippen LogP contribution in [0.1, 0.15) is 58.6 Å². The van der Waals surface area contributed by atoms with E-state index in [4.69, 9.17) is 15.5 Å². The van der Waals surface area contributed by atoms with Crippen molar-refractivity contribution in [2.75, 3.05) is 56.2 Å². The number of fused-ring (bicyclic) bond motifs is 1. The molecule has 2 fully saturated rings. The zero-order valence-corrected chi connectivity index (χ0v) is 27.1. The topological polar surface area (TPSA) is 104 Å². The number of alkyl halides is 3. The van der Waals surface area contributed by atoms with Gasteiger partial charge in [-0.05, 0) is 59.3 Å². The minimum atomic E-state index is -5.03. The number of nitrogens with two attached hydrogens (primary N) is 1. The van der Waals surface area contributed by atoms with Crippen molar-refractivity contribution in [3.05, 3.63) is 28.8 Å². The summed E-state index contributed by atoms with van der Waals surface area (Å²) in [6.07, 6.45) is -3.90. The van der Waals surface area contributed by atoms with Crippen LogP contribution in [0.15, 0.2) is 6.07 Å². The Morgan fingerprint density at radius 3 is 2.31 bits per heavy atom. The number of pyridine rings is 1. The molecule has 2 unspecified atom stereocenters. The van der Waals surface area contributed by atoms with Gasteiger partial charge in [0.25, 0.3) is 0 Å². The summed E-state index contributed by atoms with van der Waals surface area (Å²) in [4.78, 5) is 17.7. The number of likely N-dealkylation sites (tertiary alicyclic amines) is 1. The summed E-state index contributed by atoms with van der Waals surface area (Å²) in [5, 5.41) is 6.45. The molecule has 45 heavy (non-hydrogen) atoms. The Hall–Kier alpha value is -3.52. The number of hydrogen-bond donors (Lipinski definition) is 3. The molecule has 1 aromatic carbocycles. The molecule has 5 rings (SSSR count). The fourth-order valence-corrected chi connectivity index (χ4v) is 5.52. The lowest BCUT2D eigenvalue weighted by atomic mass is 9.78. The standard InChI is InChI=1S/C29H37F5N8O.C2H6/c1-7-15(3)43-26-19-24(22(31)23(38-26)17-10-18(35)21(30)16(4)20(17)29(32,33)34)39-27(40-25(19)37-11-14(2)36-5)42-12-28(13-42)8-9-41(28)6;1-2/h10,14-15,36H,7-9,11-13,35H2,1-6H3,(H,37,39,40);1-2H3. The first kappa shape index (κ1) is 34.4. The molecule has 248 valence electrons. The van der Waals surface area contributed by atoms with Gasteiger partial charge in [-0.2, -0.15) is 18.2 Å². The third-order valence-electron chi connectivity index (χ3n) is 8.74. The van der Waals surface area contributed by atoms with Crippen LogP contribution in [0.4, 0.5) is 39.4 Å². The van der Waals surface area contributed by atoms with Gasteiger partial charge in [0, 0.05) is 37.8 Å². The van der Waals surface area contributed by atoms with Crippen LogP contribution in [0.3, 0.4) is 0 Å². The zero-order chi connectivity index (χ0) is 33.4. The number of ether oxygens (including phenoxy) is 1. The molecule has 0 saturated carbocycles. The van der Waals surface area contributed by atoms with Crippen molar-refractivity contribution in [1.82, 2.24) is 25.2 Å². The van der Waals surface area contributed by atoms with Gasteiger partial charge in [-0.3, -0.25) is 4.90 Å². The normalized spacial score (nSPS) is 17.3. The van der Waals surface area contributed by atoms with Crippen LogP contribution in [-0.4, -0.2) is 77.8 Å². The van der Waals surface area contributed by atoms with Crippen LogP contribution in [-0.2, 0) is 6.18 Å². The predicted octanol–water partition coefficient (Wildman–Crippen LogP) is 6.00. The molecule has 2 saturated heterocycles. The van der Waals surface area contributed by atoms with E-state index in [2.05, 4.69) is 25.5 Å². The lowest BCUT2D eigenvalue weighted by Crippen LogP contribution is -2.76. The van der Waals surface area contributed by atoms with Crippen LogP contribution in [0, 0.1) is 18.6 Å². The number of hydrogen-bond acceptors (Lipinski definition) is 9. The number of likely N-dealkylation sites (N-methyl/N-ethyl adjacent to an activating group) is 2. The van der Waals surface area contributed by atoms with Gasteiger partial charge in [-0.25, -0.2) is 18.7 Å². The Morgan fingerprint density at radius 2 is 1.78 bits per heavy atom. The number of anilines is 3. The maximum Gasteiger partial charge on any atom is 0.417 e. The van der Waals surface area contributed by atoms with E-state index in [1.165, 1.54) is 0 Å². The Labute approximate surface area is 260 Å². The number of benzene rings is 1. The van der Waals surface area contributed by atoms with E-state index in [1.54, 1.807) is 14.0 Å². The molecular formula is C31H43F5N8O. The van der Waals surface area contributed by atoms with Crippen molar-refractivity contribution in [2.45, 2.75) is 78.2 Å². The van der Waals surface area contributed by atoms with Crippen molar-refractivity contribution >= 4 is 28.4 Å². The van der Waals surface area contributed by atoms with Crippen LogP contribution in [0.25, 0.3) is 22.2 Å². The maximum absolute atomic E-state index is 16.6. The Morgan fingerprint density at radius 1 is 1.11 bits per heavy atom. The average Bonchev–Trinajstić information content (AvgIpc) is 2.98. The maximum atomic E-state index is 16.6. The molecule has 0 aliphatic carbocycles. The highest BCUT2D eigenvalue weighted by molar-refractivity contribution is 5.97. The summed E-state index contributed by atoms with van der Waals surface area (Å²) >= 11 is 0. The summed E-state index contributed by atoms with van der Waals surface area (Å²) in [5.74, 6) is -2.01. The van der Waals surface area contributed by atoms with Gasteiger partial charge in [0.15, 0.2) is 5.82 Å². The second-order valence-electron chi connectivity index (χ2n) is 11.7. The summed E-state index contributed by atoms with van der Waals surface area (Å²) in [6.45, 7) is 13.1. The van der Waals surface area contributed by atoms with Crippen LogP contribution in [0.2, 0.25) is 0 Å². The molecule has 2 aliphatic rings. The highest BCUT2D eigenvalue weighted by Crippen LogP contribution is 2.45. The Kier molecular flexibility index (Phi) is 9.98. The van der Waals surface area contributed by atoms with E-state index in [-0.39, 0.29) is 40.1 Å². The molecule has 4 N–H and O–H groups in total. The highest BCUT2D eigenvalue weighted by Gasteiger charge is 2.52. The molecule has 1 spiro atoms. The first-order valence-corrected chi connectivity index (χ1v) is 15.3. The average molecular weight is 639 g/mol. The summed E-state index contributed by atoms with van der Waals surface area (Å²) in [7, 11) is 3.84. The van der Waals surface area contributed by atoms with Crippen molar-refractivity contribution in [3.8, 4) is 17.1 Å². The number of halogens is 5. The summed E-state index contributed by atoms with van der Waals surface area (Å²) in [5.41, 5.74) is 1.42. The van der Waals surface area contributed by atoms with E-state index in [9.17, 15) is 17.6 Å². The molecule has 3 aromatic rings. The third kappa shape index (κ3) is 6.31. The predicted molar refractivity (Wildman–Crippen MR) is 168 cm³/mol. The highest BCUT2D eigenvalue weighted by atomic mass is 19.4. The van der Waals surface area contributed by atoms with Crippen LogP contribution >= 0.6 is 0 Å². The molecule has 0 amide bonds. The van der Waals surface area contributed by atoms with Crippen molar-refractivity contribution in [2.24, 2.45) is 0 Å².